The minimum absolute atomic E-state index is 0.0682. The number of sulfone groups is 1. The van der Waals surface area contributed by atoms with E-state index >= 15 is 0 Å². The topological polar surface area (TPSA) is 72.5 Å². The van der Waals surface area contributed by atoms with E-state index in [0.29, 0.717) is 26.0 Å². The first-order chi connectivity index (χ1) is 7.94. The minimum Gasteiger partial charge on any atom is -0.385 e. The maximum Gasteiger partial charge on any atom is 0.153 e. The SMILES string of the molecule is COCCC(C)C(=O)CC1CS(=O)(=O)CCN1. The molecular weight excluding hydrogens is 242 g/mol. The predicted molar refractivity (Wildman–Crippen MR) is 65.7 cm³/mol. The minimum atomic E-state index is -2.96. The molecule has 1 N–H and O–H groups in total. The van der Waals surface area contributed by atoms with Crippen LogP contribution in [0.4, 0.5) is 0 Å². The van der Waals surface area contributed by atoms with Gasteiger partial charge in [0.15, 0.2) is 9.84 Å². The molecule has 6 heteroatoms. The lowest BCUT2D eigenvalue weighted by atomic mass is 9.98. The van der Waals surface area contributed by atoms with Gasteiger partial charge >= 0.3 is 0 Å². The fourth-order valence-electron chi connectivity index (χ4n) is 1.90. The zero-order chi connectivity index (χ0) is 12.9. The molecule has 0 amide bonds. The Labute approximate surface area is 103 Å². The van der Waals surface area contributed by atoms with Crippen molar-refractivity contribution in [3.05, 3.63) is 0 Å². The van der Waals surface area contributed by atoms with Crippen molar-refractivity contribution >= 4 is 15.6 Å². The van der Waals surface area contributed by atoms with Crippen molar-refractivity contribution in [3.8, 4) is 0 Å². The van der Waals surface area contributed by atoms with Gasteiger partial charge in [0.25, 0.3) is 0 Å². The highest BCUT2D eigenvalue weighted by Gasteiger charge is 2.27. The molecule has 0 bridgehead atoms. The van der Waals surface area contributed by atoms with Gasteiger partial charge in [-0.05, 0) is 6.42 Å². The predicted octanol–water partition coefficient (Wildman–Crippen LogP) is 0.00480. The molecule has 2 unspecified atom stereocenters. The van der Waals surface area contributed by atoms with Crippen LogP contribution in [0.5, 0.6) is 0 Å². The highest BCUT2D eigenvalue weighted by molar-refractivity contribution is 7.91. The standard InChI is InChI=1S/C11H21NO4S/c1-9(3-5-16-2)11(13)7-10-8-17(14,15)6-4-12-10/h9-10,12H,3-8H2,1-2H3. The van der Waals surface area contributed by atoms with Crippen molar-refractivity contribution in [2.24, 2.45) is 5.92 Å². The molecule has 0 saturated carbocycles. The lowest BCUT2D eigenvalue weighted by Gasteiger charge is -2.24. The van der Waals surface area contributed by atoms with E-state index in [9.17, 15) is 13.2 Å². The molecule has 1 rings (SSSR count). The quantitative estimate of drug-likeness (QED) is 0.730. The third kappa shape index (κ3) is 5.14. The van der Waals surface area contributed by atoms with Crippen LogP contribution >= 0.6 is 0 Å². The first-order valence-electron chi connectivity index (χ1n) is 5.90. The van der Waals surface area contributed by atoms with Crippen LogP contribution in [0.3, 0.4) is 0 Å². The Morgan fingerprint density at radius 3 is 2.82 bits per heavy atom. The molecule has 0 radical (unpaired) electrons. The summed E-state index contributed by atoms with van der Waals surface area (Å²) in [7, 11) is -1.36. The van der Waals surface area contributed by atoms with Gasteiger partial charge in [0.2, 0.25) is 0 Å². The van der Waals surface area contributed by atoms with Crippen LogP contribution in [0, 0.1) is 5.92 Å². The lowest BCUT2D eigenvalue weighted by Crippen LogP contribution is -2.46. The molecule has 1 fully saturated rings. The van der Waals surface area contributed by atoms with E-state index in [1.165, 1.54) is 0 Å². The molecule has 100 valence electrons. The largest absolute Gasteiger partial charge is 0.385 e. The number of carbonyl (C=O) groups excluding carboxylic acids is 1. The van der Waals surface area contributed by atoms with E-state index < -0.39 is 9.84 Å². The summed E-state index contributed by atoms with van der Waals surface area (Å²) in [6.07, 6.45) is 0.985. The number of rotatable bonds is 6. The fraction of sp³-hybridized carbons (Fsp3) is 0.909. The van der Waals surface area contributed by atoms with Gasteiger partial charge in [-0.15, -0.1) is 0 Å². The Morgan fingerprint density at radius 1 is 1.53 bits per heavy atom. The smallest absolute Gasteiger partial charge is 0.153 e. The number of ether oxygens (including phenoxy) is 1. The molecule has 1 heterocycles. The van der Waals surface area contributed by atoms with Crippen LogP contribution in [0.25, 0.3) is 0 Å². The van der Waals surface area contributed by atoms with E-state index in [-0.39, 0.29) is 29.2 Å². The Morgan fingerprint density at radius 2 is 2.24 bits per heavy atom. The van der Waals surface area contributed by atoms with Crippen molar-refractivity contribution in [3.63, 3.8) is 0 Å². The second-order valence-corrected chi connectivity index (χ2v) is 6.85. The highest BCUT2D eigenvalue weighted by Crippen LogP contribution is 2.11. The molecule has 0 aliphatic carbocycles. The van der Waals surface area contributed by atoms with Crippen LogP contribution in [0.2, 0.25) is 0 Å². The molecule has 0 aromatic heterocycles. The number of ketones is 1. The van der Waals surface area contributed by atoms with Gasteiger partial charge in [0, 0.05) is 38.6 Å². The van der Waals surface area contributed by atoms with Crippen LogP contribution in [0.1, 0.15) is 19.8 Å². The van der Waals surface area contributed by atoms with Crippen molar-refractivity contribution in [1.29, 1.82) is 0 Å². The molecule has 0 aromatic rings. The van der Waals surface area contributed by atoms with Gasteiger partial charge in [0.1, 0.15) is 5.78 Å². The Balaban J connectivity index is 2.40. The number of carbonyl (C=O) groups is 1. The van der Waals surface area contributed by atoms with Gasteiger partial charge in [-0.1, -0.05) is 6.92 Å². The summed E-state index contributed by atoms with van der Waals surface area (Å²) in [6, 6.07) is -0.216. The molecule has 1 aliphatic rings. The van der Waals surface area contributed by atoms with Crippen molar-refractivity contribution in [2.45, 2.75) is 25.8 Å². The Kier molecular flexibility index (Phi) is 5.55. The summed E-state index contributed by atoms with van der Waals surface area (Å²) in [5, 5.41) is 3.09. The molecule has 17 heavy (non-hydrogen) atoms. The third-order valence-corrected chi connectivity index (χ3v) is 4.79. The van der Waals surface area contributed by atoms with Crippen molar-refractivity contribution < 1.29 is 17.9 Å². The summed E-state index contributed by atoms with van der Waals surface area (Å²) >= 11 is 0. The third-order valence-electron chi connectivity index (χ3n) is 3.05. The summed E-state index contributed by atoms with van der Waals surface area (Å²) in [5.41, 5.74) is 0. The van der Waals surface area contributed by atoms with Crippen molar-refractivity contribution in [1.82, 2.24) is 5.32 Å². The van der Waals surface area contributed by atoms with E-state index in [0.717, 1.165) is 0 Å². The summed E-state index contributed by atoms with van der Waals surface area (Å²) in [4.78, 5) is 11.8. The average Bonchev–Trinajstić information content (AvgIpc) is 2.24. The fourth-order valence-corrected chi connectivity index (χ4v) is 3.34. The molecule has 2 atom stereocenters. The van der Waals surface area contributed by atoms with E-state index in [1.54, 1.807) is 7.11 Å². The summed E-state index contributed by atoms with van der Waals surface area (Å²) in [6.45, 7) is 2.87. The molecule has 1 aliphatic heterocycles. The second-order valence-electron chi connectivity index (χ2n) is 4.62. The molecule has 5 nitrogen and oxygen atoms in total. The zero-order valence-electron chi connectivity index (χ0n) is 10.4. The average molecular weight is 263 g/mol. The number of nitrogens with one attached hydrogen (secondary N) is 1. The molecule has 0 spiro atoms. The van der Waals surface area contributed by atoms with Crippen LogP contribution < -0.4 is 5.32 Å². The van der Waals surface area contributed by atoms with E-state index in [2.05, 4.69) is 5.32 Å². The van der Waals surface area contributed by atoms with Gasteiger partial charge in [-0.25, -0.2) is 8.42 Å². The number of methoxy groups -OCH3 is 1. The highest BCUT2D eigenvalue weighted by atomic mass is 32.2. The Bertz CT molecular complexity index is 352. The van der Waals surface area contributed by atoms with Gasteiger partial charge < -0.3 is 10.1 Å². The van der Waals surface area contributed by atoms with E-state index in [1.807, 2.05) is 6.92 Å². The van der Waals surface area contributed by atoms with Gasteiger partial charge in [-0.3, -0.25) is 4.79 Å². The first-order valence-corrected chi connectivity index (χ1v) is 7.72. The summed E-state index contributed by atoms with van der Waals surface area (Å²) < 4.78 is 27.7. The normalized spacial score (nSPS) is 25.4. The summed E-state index contributed by atoms with van der Waals surface area (Å²) in [5.74, 6) is 0.296. The second kappa shape index (κ2) is 6.47. The maximum absolute atomic E-state index is 11.8. The number of hydrogen-bond acceptors (Lipinski definition) is 5. The van der Waals surface area contributed by atoms with Gasteiger partial charge in [-0.2, -0.15) is 0 Å². The molecular formula is C11H21NO4S. The molecule has 1 saturated heterocycles. The lowest BCUT2D eigenvalue weighted by molar-refractivity contribution is -0.123. The van der Waals surface area contributed by atoms with E-state index in [4.69, 9.17) is 4.74 Å². The van der Waals surface area contributed by atoms with Crippen LogP contribution in [0.15, 0.2) is 0 Å². The van der Waals surface area contributed by atoms with Crippen molar-refractivity contribution in [2.75, 3.05) is 31.8 Å². The van der Waals surface area contributed by atoms with Crippen LogP contribution in [-0.2, 0) is 19.4 Å². The number of Topliss-reactive ketones (excluding diaryl/α,β-unsaturated/α-hetero) is 1. The molecule has 0 aromatic carbocycles. The Hall–Kier alpha value is -0.460. The maximum atomic E-state index is 11.8. The number of hydrogen-bond donors (Lipinski definition) is 1. The van der Waals surface area contributed by atoms with Gasteiger partial charge in [0.05, 0.1) is 11.5 Å². The monoisotopic (exact) mass is 263 g/mol. The first kappa shape index (κ1) is 14.6. The van der Waals surface area contributed by atoms with Crippen LogP contribution in [-0.4, -0.2) is 52.0 Å². The zero-order valence-corrected chi connectivity index (χ0v) is 11.3.